The second kappa shape index (κ2) is 9.12. The molecule has 0 fully saturated rings. The molecule has 3 aromatic carbocycles. The van der Waals surface area contributed by atoms with E-state index in [0.29, 0.717) is 42.8 Å². The Bertz CT molecular complexity index is 1440. The van der Waals surface area contributed by atoms with Crippen LogP contribution in [-0.4, -0.2) is 37.7 Å². The number of rotatable bonds is 5. The number of hydrogen-bond donors (Lipinski definition) is 1. The van der Waals surface area contributed by atoms with Crippen LogP contribution in [0.15, 0.2) is 72.8 Å². The molecule has 0 aliphatic carbocycles. The van der Waals surface area contributed by atoms with Crippen LogP contribution in [0.4, 0.5) is 17.5 Å². The normalized spacial score (nSPS) is 14.1. The summed E-state index contributed by atoms with van der Waals surface area (Å²) in [6, 6.07) is 23.1. The van der Waals surface area contributed by atoms with Gasteiger partial charge in [0.05, 0.1) is 24.0 Å². The number of para-hydroxylation sites is 2. The van der Waals surface area contributed by atoms with Gasteiger partial charge in [-0.15, -0.1) is 0 Å². The van der Waals surface area contributed by atoms with E-state index in [0.717, 1.165) is 27.8 Å². The molecule has 34 heavy (non-hydrogen) atoms. The molecule has 0 spiro atoms. The van der Waals surface area contributed by atoms with Crippen LogP contribution >= 0.6 is 11.6 Å². The lowest BCUT2D eigenvalue weighted by molar-refractivity contribution is 0.596. The smallest absolute Gasteiger partial charge is 0.232 e. The molecule has 174 valence electrons. The number of nitrogens with zero attached hydrogens (tertiary/aromatic N) is 4. The largest absolute Gasteiger partial charge is 0.365 e. The molecule has 4 aromatic rings. The third-order valence-corrected chi connectivity index (χ3v) is 7.27. The Morgan fingerprint density at radius 1 is 0.941 bits per heavy atom. The molecule has 1 aromatic heterocycles. The van der Waals surface area contributed by atoms with Crippen LogP contribution in [0.1, 0.15) is 11.1 Å². The van der Waals surface area contributed by atoms with Crippen LogP contribution in [-0.2, 0) is 23.1 Å². The van der Waals surface area contributed by atoms with Gasteiger partial charge in [0.15, 0.2) is 0 Å². The van der Waals surface area contributed by atoms with Crippen LogP contribution in [0.5, 0.6) is 0 Å². The highest BCUT2D eigenvalue weighted by Crippen LogP contribution is 2.30. The Morgan fingerprint density at radius 3 is 2.47 bits per heavy atom. The quantitative estimate of drug-likeness (QED) is 0.435. The summed E-state index contributed by atoms with van der Waals surface area (Å²) in [5.41, 5.74) is 3.52. The fraction of sp³-hybridized carbons (Fsp3) is 0.200. The van der Waals surface area contributed by atoms with E-state index in [-0.39, 0.29) is 0 Å². The zero-order valence-electron chi connectivity index (χ0n) is 18.6. The second-order valence-corrected chi connectivity index (χ2v) is 10.6. The van der Waals surface area contributed by atoms with Crippen molar-refractivity contribution in [3.8, 4) is 0 Å². The maximum Gasteiger partial charge on any atom is 0.232 e. The van der Waals surface area contributed by atoms with Gasteiger partial charge in [-0.25, -0.2) is 13.4 Å². The predicted octanol–water partition coefficient (Wildman–Crippen LogP) is 4.68. The van der Waals surface area contributed by atoms with E-state index in [4.69, 9.17) is 21.6 Å². The van der Waals surface area contributed by atoms with Crippen LogP contribution in [0.3, 0.4) is 0 Å². The number of anilines is 3. The highest BCUT2D eigenvalue weighted by atomic mass is 35.5. The Morgan fingerprint density at radius 2 is 1.68 bits per heavy atom. The van der Waals surface area contributed by atoms with Crippen molar-refractivity contribution in [2.24, 2.45) is 0 Å². The number of sulfonamides is 1. The number of benzene rings is 3. The zero-order valence-corrected chi connectivity index (χ0v) is 20.2. The van der Waals surface area contributed by atoms with E-state index < -0.39 is 10.0 Å². The van der Waals surface area contributed by atoms with Gasteiger partial charge in [-0.3, -0.25) is 4.31 Å². The first kappa shape index (κ1) is 22.4. The summed E-state index contributed by atoms with van der Waals surface area (Å²) in [5, 5.41) is 5.07. The topological polar surface area (TPSA) is 78.4 Å². The van der Waals surface area contributed by atoms with Crippen LogP contribution in [0, 0.1) is 0 Å². The molecule has 0 bridgehead atoms. The minimum atomic E-state index is -3.41. The number of halogens is 1. The molecule has 0 atom stereocenters. The summed E-state index contributed by atoms with van der Waals surface area (Å²) in [5.74, 6) is 1.29. The molecule has 1 aliphatic rings. The first-order valence-corrected chi connectivity index (χ1v) is 13.2. The standard InChI is InChI=1S/C25H24ClN5O2S/c1-34(32,33)31-15-14-30(17-19-6-2-5-9-23(19)31)25-28-22-8-4-3-7-21(22)24(29-25)27-16-18-10-12-20(26)13-11-18/h2-13H,14-17H2,1H3,(H,27,28,29). The summed E-state index contributed by atoms with van der Waals surface area (Å²) < 4.78 is 26.4. The molecule has 2 heterocycles. The fourth-order valence-corrected chi connectivity index (χ4v) is 5.22. The van der Waals surface area contributed by atoms with Gasteiger partial charge in [0.25, 0.3) is 0 Å². The molecule has 9 heteroatoms. The van der Waals surface area contributed by atoms with Gasteiger partial charge in [0, 0.05) is 30.0 Å². The van der Waals surface area contributed by atoms with Gasteiger partial charge in [0.1, 0.15) is 5.82 Å². The Balaban J connectivity index is 1.50. The van der Waals surface area contributed by atoms with Crippen molar-refractivity contribution < 1.29 is 8.42 Å². The Kier molecular flexibility index (Phi) is 6.02. The minimum Gasteiger partial charge on any atom is -0.365 e. The first-order valence-electron chi connectivity index (χ1n) is 10.9. The average Bonchev–Trinajstić information content (AvgIpc) is 3.03. The van der Waals surface area contributed by atoms with Crippen molar-refractivity contribution in [3.05, 3.63) is 88.9 Å². The lowest BCUT2D eigenvalue weighted by Crippen LogP contribution is -2.35. The zero-order chi connectivity index (χ0) is 23.7. The summed E-state index contributed by atoms with van der Waals surface area (Å²) >= 11 is 6.01. The Hall–Kier alpha value is -3.36. The van der Waals surface area contributed by atoms with E-state index in [1.54, 1.807) is 0 Å². The van der Waals surface area contributed by atoms with Crippen molar-refractivity contribution >= 4 is 50.0 Å². The predicted molar refractivity (Wildman–Crippen MR) is 138 cm³/mol. The van der Waals surface area contributed by atoms with Crippen LogP contribution in [0.2, 0.25) is 5.02 Å². The molecule has 7 nitrogen and oxygen atoms in total. The van der Waals surface area contributed by atoms with Crippen molar-refractivity contribution in [1.82, 2.24) is 9.97 Å². The molecule has 1 aliphatic heterocycles. The van der Waals surface area contributed by atoms with Crippen LogP contribution < -0.4 is 14.5 Å². The van der Waals surface area contributed by atoms with Gasteiger partial charge in [-0.1, -0.05) is 54.1 Å². The second-order valence-electron chi connectivity index (χ2n) is 8.25. The van der Waals surface area contributed by atoms with Crippen molar-refractivity contribution in [2.45, 2.75) is 13.1 Å². The SMILES string of the molecule is CS(=O)(=O)N1CCN(c2nc(NCc3ccc(Cl)cc3)c3ccccc3n2)Cc2ccccc21. The molecular formula is C25H24ClN5O2S. The van der Waals surface area contributed by atoms with Gasteiger partial charge in [-0.05, 0) is 41.5 Å². The first-order chi connectivity index (χ1) is 16.4. The maximum atomic E-state index is 12.5. The van der Waals surface area contributed by atoms with Gasteiger partial charge in [0.2, 0.25) is 16.0 Å². The van der Waals surface area contributed by atoms with Gasteiger partial charge >= 0.3 is 0 Å². The molecule has 0 unspecified atom stereocenters. The van der Waals surface area contributed by atoms with E-state index in [1.807, 2.05) is 77.7 Å². The van der Waals surface area contributed by atoms with E-state index in [2.05, 4.69) is 5.32 Å². The number of fused-ring (bicyclic) bond motifs is 2. The third kappa shape index (κ3) is 4.64. The van der Waals surface area contributed by atoms with Gasteiger partial charge < -0.3 is 10.2 Å². The summed E-state index contributed by atoms with van der Waals surface area (Å²) in [7, 11) is -3.41. The maximum absolute atomic E-state index is 12.5. The van der Waals surface area contributed by atoms with Crippen LogP contribution in [0.25, 0.3) is 10.9 Å². The lowest BCUT2D eigenvalue weighted by atomic mass is 10.2. The number of nitrogens with one attached hydrogen (secondary N) is 1. The molecule has 0 saturated heterocycles. The molecule has 1 N–H and O–H groups in total. The molecular weight excluding hydrogens is 470 g/mol. The van der Waals surface area contributed by atoms with Crippen molar-refractivity contribution in [2.75, 3.05) is 33.9 Å². The number of hydrogen-bond acceptors (Lipinski definition) is 6. The highest BCUT2D eigenvalue weighted by molar-refractivity contribution is 7.92. The Labute approximate surface area is 204 Å². The van der Waals surface area contributed by atoms with E-state index >= 15 is 0 Å². The van der Waals surface area contributed by atoms with Gasteiger partial charge in [-0.2, -0.15) is 4.98 Å². The molecule has 5 rings (SSSR count). The highest BCUT2D eigenvalue weighted by Gasteiger charge is 2.26. The number of aromatic nitrogens is 2. The summed E-state index contributed by atoms with van der Waals surface area (Å²) in [4.78, 5) is 11.7. The lowest BCUT2D eigenvalue weighted by Gasteiger charge is -2.23. The van der Waals surface area contributed by atoms with E-state index in [9.17, 15) is 8.42 Å². The third-order valence-electron chi connectivity index (χ3n) is 5.84. The fourth-order valence-electron chi connectivity index (χ4n) is 4.15. The molecule has 0 saturated carbocycles. The van der Waals surface area contributed by atoms with Crippen molar-refractivity contribution in [3.63, 3.8) is 0 Å². The van der Waals surface area contributed by atoms with Crippen molar-refractivity contribution in [1.29, 1.82) is 0 Å². The summed E-state index contributed by atoms with van der Waals surface area (Å²) in [6.45, 7) is 1.88. The molecule has 0 radical (unpaired) electrons. The summed E-state index contributed by atoms with van der Waals surface area (Å²) in [6.07, 6.45) is 1.24. The monoisotopic (exact) mass is 493 g/mol. The van der Waals surface area contributed by atoms with E-state index in [1.165, 1.54) is 10.6 Å². The average molecular weight is 494 g/mol. The molecule has 0 amide bonds. The minimum absolute atomic E-state index is 0.319.